The highest BCUT2D eigenvalue weighted by Crippen LogP contribution is 2.23. The van der Waals surface area contributed by atoms with Crippen LogP contribution in [0.5, 0.6) is 0 Å². The molecular weight excluding hydrogens is 148 g/mol. The molecule has 0 aromatic heterocycles. The molecule has 2 aliphatic rings. The zero-order chi connectivity index (χ0) is 6.81. The lowest BCUT2D eigenvalue weighted by Gasteiger charge is -2.11. The number of hydrogen-bond donors (Lipinski definition) is 2. The number of nitrogens with one attached hydrogen (secondary N) is 2. The third-order valence-corrected chi connectivity index (χ3v) is 2.68. The summed E-state index contributed by atoms with van der Waals surface area (Å²) < 4.78 is 0. The van der Waals surface area contributed by atoms with E-state index in [9.17, 15) is 0 Å². The summed E-state index contributed by atoms with van der Waals surface area (Å²) in [4.78, 5) is 2.78. The van der Waals surface area contributed by atoms with Gasteiger partial charge >= 0.3 is 0 Å². The molecule has 10 heavy (non-hydrogen) atoms. The van der Waals surface area contributed by atoms with Gasteiger partial charge in [-0.05, 0) is 31.3 Å². The Labute approximate surface area is 64.0 Å². The van der Waals surface area contributed by atoms with Gasteiger partial charge in [-0.3, -0.25) is 0 Å². The molecule has 1 fully saturated rings. The molecule has 2 heterocycles. The minimum atomic E-state index is 0.308. The molecule has 2 aliphatic heterocycles. The fraction of sp³-hybridized carbons (Fsp3) is 1.00. The second-order valence-corrected chi connectivity index (χ2v) is 3.42. The molecule has 0 aliphatic carbocycles. The fourth-order valence-electron chi connectivity index (χ4n) is 1.30. The topological polar surface area (TPSA) is 48.8 Å². The van der Waals surface area contributed by atoms with Gasteiger partial charge in [-0.25, -0.2) is 4.83 Å². The first-order valence-corrected chi connectivity index (χ1v) is 4.39. The first kappa shape index (κ1) is 6.42. The summed E-state index contributed by atoms with van der Waals surface area (Å²) >= 11 is 1.59. The quantitative estimate of drug-likeness (QED) is 0.552. The van der Waals surface area contributed by atoms with Gasteiger partial charge < -0.3 is 5.32 Å². The monoisotopic (exact) mass is 158 g/mol. The third kappa shape index (κ3) is 1.11. The van der Waals surface area contributed by atoms with E-state index < -0.39 is 0 Å². The van der Waals surface area contributed by atoms with E-state index in [0.717, 1.165) is 6.54 Å². The Kier molecular flexibility index (Phi) is 1.77. The van der Waals surface area contributed by atoms with Gasteiger partial charge in [0.2, 0.25) is 0 Å². The average molecular weight is 158 g/mol. The Morgan fingerprint density at radius 3 is 3.10 bits per heavy atom. The summed E-state index contributed by atoms with van der Waals surface area (Å²) in [6, 6.07) is 0.545. The van der Waals surface area contributed by atoms with Crippen molar-refractivity contribution in [3.05, 3.63) is 0 Å². The molecular formula is C5H10N4S. The summed E-state index contributed by atoms with van der Waals surface area (Å²) in [5.74, 6) is 0. The van der Waals surface area contributed by atoms with Crippen molar-refractivity contribution in [2.75, 3.05) is 6.54 Å². The molecule has 0 aromatic rings. The van der Waals surface area contributed by atoms with E-state index >= 15 is 0 Å². The van der Waals surface area contributed by atoms with Gasteiger partial charge in [0.1, 0.15) is 0 Å². The SMILES string of the molecule is C1CNC(C2N=NNS2)C1. The van der Waals surface area contributed by atoms with Crippen LogP contribution in [-0.2, 0) is 0 Å². The van der Waals surface area contributed by atoms with Crippen LogP contribution in [0.25, 0.3) is 0 Å². The maximum absolute atomic E-state index is 4.03. The van der Waals surface area contributed by atoms with Crippen LogP contribution < -0.4 is 10.1 Å². The van der Waals surface area contributed by atoms with E-state index in [1.54, 1.807) is 11.9 Å². The van der Waals surface area contributed by atoms with E-state index in [1.807, 2.05) is 0 Å². The zero-order valence-electron chi connectivity index (χ0n) is 5.58. The van der Waals surface area contributed by atoms with Gasteiger partial charge in [0.25, 0.3) is 0 Å². The molecule has 56 valence electrons. The van der Waals surface area contributed by atoms with Crippen molar-refractivity contribution in [1.82, 2.24) is 10.1 Å². The summed E-state index contributed by atoms with van der Waals surface area (Å²) in [5.41, 5.74) is 0. The first-order chi connectivity index (χ1) is 4.97. The second kappa shape index (κ2) is 2.75. The van der Waals surface area contributed by atoms with Crippen molar-refractivity contribution in [3.8, 4) is 0 Å². The molecule has 5 heteroatoms. The van der Waals surface area contributed by atoms with Gasteiger partial charge in [0.05, 0.1) is 0 Å². The van der Waals surface area contributed by atoms with Crippen LogP contribution in [0.15, 0.2) is 10.3 Å². The predicted octanol–water partition coefficient (Wildman–Crippen LogP) is 0.683. The molecule has 0 radical (unpaired) electrons. The van der Waals surface area contributed by atoms with Crippen LogP contribution >= 0.6 is 11.9 Å². The molecule has 0 aromatic carbocycles. The summed E-state index contributed by atoms with van der Waals surface area (Å²) in [6.07, 6.45) is 2.51. The Morgan fingerprint density at radius 1 is 1.50 bits per heavy atom. The number of hydrogen-bond acceptors (Lipinski definition) is 5. The second-order valence-electron chi connectivity index (χ2n) is 2.52. The first-order valence-electron chi connectivity index (χ1n) is 3.51. The highest BCUT2D eigenvalue weighted by molar-refractivity contribution is 7.98. The predicted molar refractivity (Wildman–Crippen MR) is 40.4 cm³/mol. The molecule has 0 bridgehead atoms. The minimum absolute atomic E-state index is 0.308. The standard InChI is InChI=1S/C5H10N4S/c1-2-4(6-3-1)5-7-8-9-10-5/h4-6H,1-3H2,(H,7,9). The van der Waals surface area contributed by atoms with E-state index in [2.05, 4.69) is 20.5 Å². The molecule has 2 unspecified atom stereocenters. The van der Waals surface area contributed by atoms with E-state index in [-0.39, 0.29) is 0 Å². The largest absolute Gasteiger partial charge is 0.311 e. The van der Waals surface area contributed by atoms with Gasteiger partial charge in [-0.15, -0.1) is 0 Å². The maximum atomic E-state index is 4.03. The molecule has 2 atom stereocenters. The van der Waals surface area contributed by atoms with Crippen molar-refractivity contribution >= 4 is 11.9 Å². The highest BCUT2D eigenvalue weighted by atomic mass is 32.2. The Balaban J connectivity index is 1.91. The average Bonchev–Trinajstić information content (AvgIpc) is 2.59. The minimum Gasteiger partial charge on any atom is -0.311 e. The third-order valence-electron chi connectivity index (χ3n) is 1.83. The van der Waals surface area contributed by atoms with Crippen molar-refractivity contribution < 1.29 is 0 Å². The molecule has 0 saturated carbocycles. The summed E-state index contributed by atoms with van der Waals surface area (Å²) in [5, 5.41) is 11.4. The molecule has 0 amide bonds. The molecule has 2 N–H and O–H groups in total. The van der Waals surface area contributed by atoms with Crippen LogP contribution in [0.4, 0.5) is 0 Å². The molecule has 0 spiro atoms. The highest BCUT2D eigenvalue weighted by Gasteiger charge is 2.27. The number of nitrogens with zero attached hydrogens (tertiary/aromatic N) is 2. The van der Waals surface area contributed by atoms with Gasteiger partial charge in [-0.2, -0.15) is 5.11 Å². The Morgan fingerprint density at radius 2 is 2.50 bits per heavy atom. The lowest BCUT2D eigenvalue weighted by Crippen LogP contribution is -2.30. The molecule has 1 saturated heterocycles. The van der Waals surface area contributed by atoms with Gasteiger partial charge in [0.15, 0.2) is 5.37 Å². The van der Waals surface area contributed by atoms with Gasteiger partial charge in [-0.1, -0.05) is 5.22 Å². The van der Waals surface area contributed by atoms with Crippen molar-refractivity contribution in [2.45, 2.75) is 24.3 Å². The normalized spacial score (nSPS) is 38.4. The summed E-state index contributed by atoms with van der Waals surface area (Å²) in [7, 11) is 0. The smallest absolute Gasteiger partial charge is 0.154 e. The molecule has 2 rings (SSSR count). The maximum Gasteiger partial charge on any atom is 0.154 e. The lowest BCUT2D eigenvalue weighted by atomic mass is 10.2. The van der Waals surface area contributed by atoms with Gasteiger partial charge in [0, 0.05) is 6.04 Å². The van der Waals surface area contributed by atoms with Crippen LogP contribution in [-0.4, -0.2) is 18.0 Å². The van der Waals surface area contributed by atoms with Crippen LogP contribution in [0.3, 0.4) is 0 Å². The lowest BCUT2D eigenvalue weighted by molar-refractivity contribution is 0.580. The number of rotatable bonds is 1. The van der Waals surface area contributed by atoms with Crippen LogP contribution in [0.1, 0.15) is 12.8 Å². The Bertz CT molecular complexity index is 143. The zero-order valence-corrected chi connectivity index (χ0v) is 6.40. The van der Waals surface area contributed by atoms with E-state index in [0.29, 0.717) is 11.4 Å². The Hall–Kier alpha value is -0.290. The van der Waals surface area contributed by atoms with Crippen molar-refractivity contribution in [1.29, 1.82) is 0 Å². The van der Waals surface area contributed by atoms with Crippen LogP contribution in [0.2, 0.25) is 0 Å². The van der Waals surface area contributed by atoms with Crippen molar-refractivity contribution in [3.63, 3.8) is 0 Å². The summed E-state index contributed by atoms with van der Waals surface area (Å²) in [6.45, 7) is 1.14. The van der Waals surface area contributed by atoms with Crippen molar-refractivity contribution in [2.24, 2.45) is 10.3 Å². The molecule has 4 nitrogen and oxygen atoms in total. The fourth-order valence-corrected chi connectivity index (χ4v) is 1.99. The van der Waals surface area contributed by atoms with Crippen LogP contribution in [0, 0.1) is 0 Å². The van der Waals surface area contributed by atoms with E-state index in [4.69, 9.17) is 0 Å². The van der Waals surface area contributed by atoms with E-state index in [1.165, 1.54) is 12.8 Å².